The van der Waals surface area contributed by atoms with Gasteiger partial charge in [0.15, 0.2) is 0 Å². The van der Waals surface area contributed by atoms with Crippen LogP contribution in [0.25, 0.3) is 0 Å². The van der Waals surface area contributed by atoms with Crippen LogP contribution in [0.1, 0.15) is 32.6 Å². The minimum Gasteiger partial charge on any atom is -0.388 e. The molecule has 2 N–H and O–H groups in total. The van der Waals surface area contributed by atoms with Crippen LogP contribution in [0.4, 0.5) is 0 Å². The van der Waals surface area contributed by atoms with E-state index in [4.69, 9.17) is 5.41 Å². The molecule has 2 nitrogen and oxygen atoms in total. The van der Waals surface area contributed by atoms with Crippen molar-refractivity contribution < 1.29 is 0 Å². The van der Waals surface area contributed by atoms with Crippen molar-refractivity contribution in [2.45, 2.75) is 38.6 Å². The molecule has 62 valence electrons. The summed E-state index contributed by atoms with van der Waals surface area (Å²) in [4.78, 5) is 0. The Hall–Kier alpha value is -0.790. The first kappa shape index (κ1) is 8.31. The lowest BCUT2D eigenvalue weighted by Gasteiger charge is -2.08. The maximum Gasteiger partial charge on any atom is 0.0255 e. The third-order valence-electron chi connectivity index (χ3n) is 2.13. The van der Waals surface area contributed by atoms with Gasteiger partial charge in [-0.05, 0) is 25.3 Å². The molecule has 0 heterocycles. The first-order valence-corrected chi connectivity index (χ1v) is 4.26. The third kappa shape index (κ3) is 2.74. The summed E-state index contributed by atoms with van der Waals surface area (Å²) in [5.41, 5.74) is 0.997. The van der Waals surface area contributed by atoms with E-state index in [0.29, 0.717) is 6.04 Å². The van der Waals surface area contributed by atoms with Crippen molar-refractivity contribution in [3.05, 3.63) is 11.8 Å². The van der Waals surface area contributed by atoms with Crippen molar-refractivity contribution in [3.63, 3.8) is 0 Å². The highest BCUT2D eigenvalue weighted by molar-refractivity contribution is 5.74. The maximum absolute atomic E-state index is 6.95. The molecule has 11 heavy (non-hydrogen) atoms. The molecule has 1 rings (SSSR count). The summed E-state index contributed by atoms with van der Waals surface area (Å²) < 4.78 is 0. The molecule has 0 aromatic carbocycles. The monoisotopic (exact) mass is 152 g/mol. The quantitative estimate of drug-likeness (QED) is 0.597. The van der Waals surface area contributed by atoms with Gasteiger partial charge in [0.2, 0.25) is 0 Å². The zero-order valence-corrected chi connectivity index (χ0v) is 7.06. The predicted molar refractivity (Wildman–Crippen MR) is 47.9 cm³/mol. The largest absolute Gasteiger partial charge is 0.388 e. The van der Waals surface area contributed by atoms with E-state index in [1.807, 2.05) is 13.1 Å². The fourth-order valence-corrected chi connectivity index (χ4v) is 1.38. The summed E-state index contributed by atoms with van der Waals surface area (Å²) >= 11 is 0. The van der Waals surface area contributed by atoms with Crippen LogP contribution in [0.3, 0.4) is 0 Å². The van der Waals surface area contributed by atoms with Crippen molar-refractivity contribution in [1.82, 2.24) is 5.32 Å². The van der Waals surface area contributed by atoms with Crippen molar-refractivity contribution in [1.29, 1.82) is 5.41 Å². The summed E-state index contributed by atoms with van der Waals surface area (Å²) in [6.07, 6.45) is 8.62. The second kappa shape index (κ2) is 4.16. The van der Waals surface area contributed by atoms with Crippen molar-refractivity contribution >= 4 is 6.21 Å². The lowest BCUT2D eigenvalue weighted by Crippen LogP contribution is -2.20. The zero-order chi connectivity index (χ0) is 8.10. The average Bonchev–Trinajstić information content (AvgIpc) is 2.52. The first-order valence-electron chi connectivity index (χ1n) is 4.26. The number of hydrogen-bond acceptors (Lipinski definition) is 2. The molecule has 0 unspecified atom stereocenters. The molecule has 1 aliphatic carbocycles. The lowest BCUT2D eigenvalue weighted by atomic mass is 10.2. The topological polar surface area (TPSA) is 35.9 Å². The Morgan fingerprint density at radius 3 is 2.64 bits per heavy atom. The summed E-state index contributed by atoms with van der Waals surface area (Å²) in [6.45, 7) is 1.94. The fourth-order valence-electron chi connectivity index (χ4n) is 1.38. The van der Waals surface area contributed by atoms with Crippen LogP contribution in [0.5, 0.6) is 0 Å². The Balaban J connectivity index is 2.24. The van der Waals surface area contributed by atoms with Crippen LogP contribution in [-0.4, -0.2) is 12.3 Å². The normalized spacial score (nSPS) is 20.3. The van der Waals surface area contributed by atoms with Crippen LogP contribution in [0.2, 0.25) is 0 Å². The number of nitrogens with one attached hydrogen (secondary N) is 2. The number of rotatable bonds is 3. The minimum atomic E-state index is 0.671. The van der Waals surface area contributed by atoms with E-state index in [1.165, 1.54) is 31.9 Å². The molecule has 0 spiro atoms. The maximum atomic E-state index is 6.95. The van der Waals surface area contributed by atoms with Gasteiger partial charge in [0.05, 0.1) is 0 Å². The van der Waals surface area contributed by atoms with Crippen LogP contribution < -0.4 is 5.32 Å². The molecule has 0 aromatic rings. The van der Waals surface area contributed by atoms with Gasteiger partial charge in [-0.2, -0.15) is 0 Å². The molecule has 0 bridgehead atoms. The van der Waals surface area contributed by atoms with Gasteiger partial charge in [-0.1, -0.05) is 12.8 Å². The van der Waals surface area contributed by atoms with E-state index >= 15 is 0 Å². The fraction of sp³-hybridized carbons (Fsp3) is 0.667. The molecule has 0 amide bonds. The van der Waals surface area contributed by atoms with Crippen LogP contribution in [0.15, 0.2) is 11.8 Å². The Morgan fingerprint density at radius 2 is 2.09 bits per heavy atom. The van der Waals surface area contributed by atoms with Crippen molar-refractivity contribution in [2.24, 2.45) is 0 Å². The second-order valence-corrected chi connectivity index (χ2v) is 3.18. The molecule has 1 saturated carbocycles. The highest BCUT2D eigenvalue weighted by Crippen LogP contribution is 2.17. The number of hydrogen-bond donors (Lipinski definition) is 2. The molecular formula is C9H16N2. The summed E-state index contributed by atoms with van der Waals surface area (Å²) in [5.74, 6) is 0. The lowest BCUT2D eigenvalue weighted by molar-refractivity contribution is 0.606. The number of allylic oxidation sites excluding steroid dienone is 1. The van der Waals surface area contributed by atoms with Gasteiger partial charge >= 0.3 is 0 Å². The van der Waals surface area contributed by atoms with Crippen molar-refractivity contribution in [2.75, 3.05) is 0 Å². The predicted octanol–water partition coefficient (Wildman–Crippen LogP) is 2.07. The Labute approximate surface area is 68.2 Å². The summed E-state index contributed by atoms with van der Waals surface area (Å²) in [5, 5.41) is 10.3. The molecule has 0 aromatic heterocycles. The molecule has 0 saturated heterocycles. The standard InChI is InChI=1S/C9H16N2/c1-8(6-10)7-11-9-4-2-3-5-9/h6-7,9-11H,2-5H2,1H3/b8-7-,10-6?. The summed E-state index contributed by atoms with van der Waals surface area (Å²) in [7, 11) is 0. The van der Waals surface area contributed by atoms with Crippen LogP contribution >= 0.6 is 0 Å². The summed E-state index contributed by atoms with van der Waals surface area (Å²) in [6, 6.07) is 0.671. The molecule has 2 heteroatoms. The SMILES string of the molecule is C/C(C=N)=C/NC1CCCC1. The van der Waals surface area contributed by atoms with E-state index in [2.05, 4.69) is 5.32 Å². The Morgan fingerprint density at radius 1 is 1.45 bits per heavy atom. The van der Waals surface area contributed by atoms with Gasteiger partial charge in [-0.15, -0.1) is 0 Å². The molecule has 0 atom stereocenters. The van der Waals surface area contributed by atoms with Gasteiger partial charge in [-0.3, -0.25) is 0 Å². The van der Waals surface area contributed by atoms with Crippen LogP contribution in [0, 0.1) is 5.41 Å². The highest BCUT2D eigenvalue weighted by Gasteiger charge is 2.12. The van der Waals surface area contributed by atoms with Crippen molar-refractivity contribution in [3.8, 4) is 0 Å². The van der Waals surface area contributed by atoms with Crippen LogP contribution in [-0.2, 0) is 0 Å². The van der Waals surface area contributed by atoms with Gasteiger partial charge in [0, 0.05) is 18.5 Å². The van der Waals surface area contributed by atoms with E-state index < -0.39 is 0 Å². The Kier molecular flexibility index (Phi) is 3.14. The smallest absolute Gasteiger partial charge is 0.0255 e. The highest BCUT2D eigenvalue weighted by atomic mass is 14.9. The molecule has 0 aliphatic heterocycles. The Bertz CT molecular complexity index is 155. The van der Waals surface area contributed by atoms with E-state index in [9.17, 15) is 0 Å². The molecule has 1 fully saturated rings. The van der Waals surface area contributed by atoms with Gasteiger partial charge in [0.1, 0.15) is 0 Å². The molecular weight excluding hydrogens is 136 g/mol. The van der Waals surface area contributed by atoms with Gasteiger partial charge in [-0.25, -0.2) is 0 Å². The van der Waals surface area contributed by atoms with E-state index in [1.54, 1.807) is 0 Å². The second-order valence-electron chi connectivity index (χ2n) is 3.18. The molecule has 1 aliphatic rings. The minimum absolute atomic E-state index is 0.671. The van der Waals surface area contributed by atoms with E-state index in [-0.39, 0.29) is 0 Å². The average molecular weight is 152 g/mol. The molecule has 0 radical (unpaired) electrons. The third-order valence-corrected chi connectivity index (χ3v) is 2.13. The van der Waals surface area contributed by atoms with Gasteiger partial charge < -0.3 is 10.7 Å². The van der Waals surface area contributed by atoms with Gasteiger partial charge in [0.25, 0.3) is 0 Å². The first-order chi connectivity index (χ1) is 5.33. The van der Waals surface area contributed by atoms with E-state index in [0.717, 1.165) is 5.57 Å². The zero-order valence-electron chi connectivity index (χ0n) is 7.06.